The van der Waals surface area contributed by atoms with Gasteiger partial charge in [-0.25, -0.2) is 4.98 Å². The summed E-state index contributed by atoms with van der Waals surface area (Å²) in [5.74, 6) is 1.60. The minimum Gasteiger partial charge on any atom is -0.493 e. The summed E-state index contributed by atoms with van der Waals surface area (Å²) in [6.07, 6.45) is 1.66. The first-order chi connectivity index (χ1) is 13.5. The maximum Gasteiger partial charge on any atom is 0.256 e. The third-order valence-electron chi connectivity index (χ3n) is 4.45. The predicted octanol–water partition coefficient (Wildman–Crippen LogP) is 4.71. The molecule has 0 aliphatic heterocycles. The third-order valence-corrected chi connectivity index (χ3v) is 4.45. The highest BCUT2D eigenvalue weighted by Crippen LogP contribution is 2.31. The number of carbonyl (C=O) groups is 1. The normalized spacial score (nSPS) is 10.3. The molecule has 28 heavy (non-hydrogen) atoms. The van der Waals surface area contributed by atoms with Gasteiger partial charge in [-0.3, -0.25) is 4.79 Å². The van der Waals surface area contributed by atoms with E-state index < -0.39 is 0 Å². The van der Waals surface area contributed by atoms with Gasteiger partial charge in [-0.1, -0.05) is 6.07 Å². The maximum absolute atomic E-state index is 12.4. The number of amides is 1. The van der Waals surface area contributed by atoms with E-state index in [1.54, 1.807) is 26.5 Å². The molecule has 3 aromatic rings. The number of nitrogens with one attached hydrogen (secondary N) is 2. The Bertz CT molecular complexity index is 985. The molecule has 1 aromatic heterocycles. The van der Waals surface area contributed by atoms with Crippen LogP contribution in [0, 0.1) is 13.8 Å². The van der Waals surface area contributed by atoms with Crippen molar-refractivity contribution < 1.29 is 14.3 Å². The van der Waals surface area contributed by atoms with Crippen LogP contribution in [-0.2, 0) is 0 Å². The Morgan fingerprint density at radius 1 is 0.857 bits per heavy atom. The average Bonchev–Trinajstić information content (AvgIpc) is 2.71. The second-order valence-corrected chi connectivity index (χ2v) is 6.38. The summed E-state index contributed by atoms with van der Waals surface area (Å²) in [5, 5.41) is 6.06. The molecule has 2 N–H and O–H groups in total. The highest BCUT2D eigenvalue weighted by atomic mass is 16.5. The van der Waals surface area contributed by atoms with Crippen molar-refractivity contribution in [1.29, 1.82) is 0 Å². The minimum absolute atomic E-state index is 0.184. The molecule has 0 radical (unpaired) electrons. The second kappa shape index (κ2) is 8.43. The van der Waals surface area contributed by atoms with Gasteiger partial charge in [0, 0.05) is 17.3 Å². The Hall–Kier alpha value is -3.54. The van der Waals surface area contributed by atoms with E-state index >= 15 is 0 Å². The number of hydrogen-bond donors (Lipinski definition) is 2. The largest absolute Gasteiger partial charge is 0.493 e. The summed E-state index contributed by atoms with van der Waals surface area (Å²) in [6.45, 7) is 4.00. The van der Waals surface area contributed by atoms with Gasteiger partial charge in [0.2, 0.25) is 0 Å². The summed E-state index contributed by atoms with van der Waals surface area (Å²) in [6, 6.07) is 14.8. The molecule has 1 amide bonds. The molecule has 0 saturated heterocycles. The lowest BCUT2D eigenvalue weighted by atomic mass is 10.1. The molecule has 0 fully saturated rings. The molecule has 0 atom stereocenters. The molecule has 0 saturated carbocycles. The van der Waals surface area contributed by atoms with E-state index in [1.807, 2.05) is 56.3 Å². The molecular weight excluding hydrogens is 354 g/mol. The SMILES string of the molecule is COc1ccc(Nc2ccc(NC(=O)c3ccc(C)c(C)c3)nc2)cc1OC. The van der Waals surface area contributed by atoms with Crippen molar-refractivity contribution in [3.05, 3.63) is 71.4 Å². The fourth-order valence-corrected chi connectivity index (χ4v) is 2.69. The van der Waals surface area contributed by atoms with Crippen molar-refractivity contribution in [2.24, 2.45) is 0 Å². The van der Waals surface area contributed by atoms with E-state index in [4.69, 9.17) is 9.47 Å². The van der Waals surface area contributed by atoms with Gasteiger partial charge in [-0.15, -0.1) is 0 Å². The number of hydrogen-bond acceptors (Lipinski definition) is 5. The van der Waals surface area contributed by atoms with Crippen molar-refractivity contribution in [2.45, 2.75) is 13.8 Å². The fraction of sp³-hybridized carbons (Fsp3) is 0.182. The molecular formula is C22H23N3O3. The van der Waals surface area contributed by atoms with E-state index in [-0.39, 0.29) is 5.91 Å². The highest BCUT2D eigenvalue weighted by molar-refractivity contribution is 6.03. The molecule has 2 aromatic carbocycles. The summed E-state index contributed by atoms with van der Waals surface area (Å²) < 4.78 is 10.5. The van der Waals surface area contributed by atoms with Crippen LogP contribution in [0.25, 0.3) is 0 Å². The van der Waals surface area contributed by atoms with Gasteiger partial charge < -0.3 is 20.1 Å². The number of methoxy groups -OCH3 is 2. The van der Waals surface area contributed by atoms with Crippen LogP contribution in [0.1, 0.15) is 21.5 Å². The lowest BCUT2D eigenvalue weighted by Gasteiger charge is -2.12. The van der Waals surface area contributed by atoms with Gasteiger partial charge in [0.05, 0.1) is 26.1 Å². The Morgan fingerprint density at radius 2 is 1.61 bits per heavy atom. The molecule has 3 rings (SSSR count). The minimum atomic E-state index is -0.184. The number of rotatable bonds is 6. The second-order valence-electron chi connectivity index (χ2n) is 6.38. The average molecular weight is 377 g/mol. The molecule has 0 aliphatic rings. The van der Waals surface area contributed by atoms with Gasteiger partial charge in [0.25, 0.3) is 5.91 Å². The highest BCUT2D eigenvalue weighted by Gasteiger charge is 2.09. The van der Waals surface area contributed by atoms with E-state index in [0.29, 0.717) is 22.9 Å². The number of aryl methyl sites for hydroxylation is 2. The van der Waals surface area contributed by atoms with Crippen LogP contribution in [0.3, 0.4) is 0 Å². The van der Waals surface area contributed by atoms with Crippen LogP contribution in [0.4, 0.5) is 17.2 Å². The number of benzene rings is 2. The quantitative estimate of drug-likeness (QED) is 0.651. The van der Waals surface area contributed by atoms with Crippen LogP contribution in [-0.4, -0.2) is 25.1 Å². The summed E-state index contributed by atoms with van der Waals surface area (Å²) >= 11 is 0. The maximum atomic E-state index is 12.4. The first-order valence-corrected chi connectivity index (χ1v) is 8.84. The van der Waals surface area contributed by atoms with E-state index in [0.717, 1.165) is 22.5 Å². The molecule has 0 bridgehead atoms. The molecule has 144 valence electrons. The van der Waals surface area contributed by atoms with Gasteiger partial charge in [-0.05, 0) is 61.4 Å². The Labute approximate surface area is 164 Å². The fourth-order valence-electron chi connectivity index (χ4n) is 2.69. The van der Waals surface area contributed by atoms with Crippen molar-refractivity contribution in [3.63, 3.8) is 0 Å². The number of ether oxygens (including phenoxy) is 2. The number of pyridine rings is 1. The molecule has 0 unspecified atom stereocenters. The van der Waals surface area contributed by atoms with Crippen LogP contribution < -0.4 is 20.1 Å². The van der Waals surface area contributed by atoms with E-state index in [9.17, 15) is 4.79 Å². The van der Waals surface area contributed by atoms with Crippen molar-refractivity contribution in [2.75, 3.05) is 24.9 Å². The van der Waals surface area contributed by atoms with Crippen LogP contribution in [0.2, 0.25) is 0 Å². The van der Waals surface area contributed by atoms with Gasteiger partial charge >= 0.3 is 0 Å². The molecule has 1 heterocycles. The number of carbonyl (C=O) groups excluding carboxylic acids is 1. The summed E-state index contributed by atoms with van der Waals surface area (Å²) in [4.78, 5) is 16.7. The number of anilines is 3. The lowest BCUT2D eigenvalue weighted by Crippen LogP contribution is -2.13. The van der Waals surface area contributed by atoms with E-state index in [2.05, 4.69) is 15.6 Å². The number of aromatic nitrogens is 1. The molecule has 6 nitrogen and oxygen atoms in total. The molecule has 0 spiro atoms. The Kier molecular flexibility index (Phi) is 5.79. The summed E-state index contributed by atoms with van der Waals surface area (Å²) in [5.41, 5.74) is 4.47. The lowest BCUT2D eigenvalue weighted by molar-refractivity contribution is 0.102. The molecule has 6 heteroatoms. The smallest absolute Gasteiger partial charge is 0.256 e. The first kappa shape index (κ1) is 19.2. The summed E-state index contributed by atoms with van der Waals surface area (Å²) in [7, 11) is 3.19. The van der Waals surface area contributed by atoms with Gasteiger partial charge in [-0.2, -0.15) is 0 Å². The van der Waals surface area contributed by atoms with Crippen LogP contribution >= 0.6 is 0 Å². The standard InChI is InChI=1S/C22H23N3O3/c1-14-5-6-16(11-15(14)2)22(26)25-21-10-8-18(13-23-21)24-17-7-9-19(27-3)20(12-17)28-4/h5-13,24H,1-4H3,(H,23,25,26). The number of nitrogens with zero attached hydrogens (tertiary/aromatic N) is 1. The zero-order chi connectivity index (χ0) is 20.1. The zero-order valence-electron chi connectivity index (χ0n) is 16.4. The van der Waals surface area contributed by atoms with E-state index in [1.165, 1.54) is 0 Å². The predicted molar refractivity (Wildman–Crippen MR) is 111 cm³/mol. The third kappa shape index (κ3) is 4.40. The topological polar surface area (TPSA) is 72.5 Å². The first-order valence-electron chi connectivity index (χ1n) is 8.84. The van der Waals surface area contributed by atoms with Crippen LogP contribution in [0.15, 0.2) is 54.7 Å². The van der Waals surface area contributed by atoms with Gasteiger partial charge in [0.1, 0.15) is 5.82 Å². The van der Waals surface area contributed by atoms with Gasteiger partial charge in [0.15, 0.2) is 11.5 Å². The van der Waals surface area contributed by atoms with Crippen molar-refractivity contribution in [3.8, 4) is 11.5 Å². The van der Waals surface area contributed by atoms with Crippen LogP contribution in [0.5, 0.6) is 11.5 Å². The van der Waals surface area contributed by atoms with Crippen molar-refractivity contribution in [1.82, 2.24) is 4.98 Å². The monoisotopic (exact) mass is 377 g/mol. The Morgan fingerprint density at radius 3 is 2.25 bits per heavy atom. The zero-order valence-corrected chi connectivity index (χ0v) is 16.4. The Balaban J connectivity index is 1.68. The molecule has 0 aliphatic carbocycles. The van der Waals surface area contributed by atoms with Crippen molar-refractivity contribution >= 4 is 23.1 Å².